The minimum atomic E-state index is 0.384. The van der Waals surface area contributed by atoms with Crippen LogP contribution < -0.4 is 15.5 Å². The summed E-state index contributed by atoms with van der Waals surface area (Å²) in [5.74, 6) is 2.59. The van der Waals surface area contributed by atoms with Crippen LogP contribution in [0.2, 0.25) is 0 Å². The fraction of sp³-hybridized carbons (Fsp3) is 0.421. The van der Waals surface area contributed by atoms with Crippen LogP contribution in [-0.2, 0) is 6.42 Å². The lowest BCUT2D eigenvalue weighted by molar-refractivity contribution is 0.457. The monoisotopic (exact) mass is 354 g/mol. The molecule has 1 aliphatic rings. The van der Waals surface area contributed by atoms with Crippen molar-refractivity contribution in [2.75, 3.05) is 31.1 Å². The van der Waals surface area contributed by atoms with Gasteiger partial charge in [0.25, 0.3) is 0 Å². The second-order valence-electron chi connectivity index (χ2n) is 6.18. The predicted molar refractivity (Wildman–Crippen MR) is 103 cm³/mol. The normalized spacial score (nSPS) is 15.7. The molecular formula is C19H26N6O. The van der Waals surface area contributed by atoms with E-state index >= 15 is 0 Å². The number of furan rings is 1. The van der Waals surface area contributed by atoms with Crippen molar-refractivity contribution in [2.24, 2.45) is 4.99 Å². The number of hydrogen-bond donors (Lipinski definition) is 2. The number of aromatic nitrogens is 2. The Labute approximate surface area is 154 Å². The Kier molecular flexibility index (Phi) is 6.64. The van der Waals surface area contributed by atoms with Gasteiger partial charge >= 0.3 is 0 Å². The molecule has 0 atom stereocenters. The van der Waals surface area contributed by atoms with Gasteiger partial charge in [-0.05, 0) is 31.0 Å². The highest BCUT2D eigenvalue weighted by atomic mass is 16.3. The fourth-order valence-electron chi connectivity index (χ4n) is 2.93. The zero-order valence-electron chi connectivity index (χ0n) is 15.0. The molecule has 0 unspecified atom stereocenters. The first-order valence-electron chi connectivity index (χ1n) is 9.05. The van der Waals surface area contributed by atoms with Gasteiger partial charge in [-0.15, -0.1) is 6.58 Å². The number of nitrogens with zero attached hydrogens (tertiary/aromatic N) is 4. The predicted octanol–water partition coefficient (Wildman–Crippen LogP) is 2.00. The lowest BCUT2D eigenvalue weighted by Gasteiger charge is -2.33. The largest absolute Gasteiger partial charge is 0.469 e. The molecule has 26 heavy (non-hydrogen) atoms. The molecule has 7 nitrogen and oxygen atoms in total. The van der Waals surface area contributed by atoms with Crippen molar-refractivity contribution in [3.63, 3.8) is 0 Å². The van der Waals surface area contributed by atoms with E-state index in [1.807, 2.05) is 24.3 Å². The Morgan fingerprint density at radius 1 is 1.31 bits per heavy atom. The van der Waals surface area contributed by atoms with E-state index in [0.717, 1.165) is 50.0 Å². The Hall–Kier alpha value is -2.83. The van der Waals surface area contributed by atoms with Gasteiger partial charge in [0.2, 0.25) is 5.95 Å². The molecule has 2 aromatic heterocycles. The highest BCUT2D eigenvalue weighted by Crippen LogP contribution is 2.15. The lowest BCUT2D eigenvalue weighted by Crippen LogP contribution is -2.49. The first-order chi connectivity index (χ1) is 12.8. The van der Waals surface area contributed by atoms with E-state index in [2.05, 4.69) is 37.1 Å². The number of anilines is 1. The number of guanidine groups is 1. The SMILES string of the molecule is C=CCNC(=NCCc1ccco1)NC1CCN(c2ncccn2)CC1. The second-order valence-corrected chi connectivity index (χ2v) is 6.18. The second kappa shape index (κ2) is 9.60. The molecule has 0 spiro atoms. The third-order valence-electron chi connectivity index (χ3n) is 4.29. The molecule has 7 heteroatoms. The van der Waals surface area contributed by atoms with Crippen molar-refractivity contribution >= 4 is 11.9 Å². The summed E-state index contributed by atoms with van der Waals surface area (Å²) in [6.45, 7) is 6.99. The summed E-state index contributed by atoms with van der Waals surface area (Å²) >= 11 is 0. The molecule has 3 rings (SSSR count). The summed E-state index contributed by atoms with van der Waals surface area (Å²) in [7, 11) is 0. The summed E-state index contributed by atoms with van der Waals surface area (Å²) < 4.78 is 5.36. The highest BCUT2D eigenvalue weighted by molar-refractivity contribution is 5.80. The zero-order chi connectivity index (χ0) is 18.0. The molecule has 1 saturated heterocycles. The Bertz CT molecular complexity index is 677. The van der Waals surface area contributed by atoms with Gasteiger partial charge in [0.05, 0.1) is 6.26 Å². The van der Waals surface area contributed by atoms with Crippen molar-refractivity contribution in [3.05, 3.63) is 55.3 Å². The molecule has 2 aromatic rings. The van der Waals surface area contributed by atoms with E-state index in [1.165, 1.54) is 0 Å². The highest BCUT2D eigenvalue weighted by Gasteiger charge is 2.21. The summed E-state index contributed by atoms with van der Waals surface area (Å²) in [5.41, 5.74) is 0. The standard InChI is InChI=1S/C19H26N6O/c1-2-9-20-18(21-12-6-17-5-3-15-26-17)24-16-7-13-25(14-8-16)19-22-10-4-11-23-19/h2-5,10-11,15-16H,1,6-9,12-14H2,(H2,20,21,24). The summed E-state index contributed by atoms with van der Waals surface area (Å²) in [4.78, 5) is 15.5. The molecule has 0 amide bonds. The van der Waals surface area contributed by atoms with Crippen molar-refractivity contribution in [3.8, 4) is 0 Å². The van der Waals surface area contributed by atoms with Gasteiger partial charge in [0, 0.05) is 51.0 Å². The van der Waals surface area contributed by atoms with Crippen molar-refractivity contribution in [1.82, 2.24) is 20.6 Å². The number of aliphatic imine (C=N–C) groups is 1. The van der Waals surface area contributed by atoms with Crippen LogP contribution in [0, 0.1) is 0 Å². The average Bonchev–Trinajstić information content (AvgIpc) is 3.21. The van der Waals surface area contributed by atoms with Crippen LogP contribution >= 0.6 is 0 Å². The summed E-state index contributed by atoms with van der Waals surface area (Å²) in [5, 5.41) is 6.83. The van der Waals surface area contributed by atoms with E-state index in [-0.39, 0.29) is 0 Å². The topological polar surface area (TPSA) is 78.6 Å². The van der Waals surface area contributed by atoms with E-state index in [9.17, 15) is 0 Å². The van der Waals surface area contributed by atoms with E-state index < -0.39 is 0 Å². The summed E-state index contributed by atoms with van der Waals surface area (Å²) in [6, 6.07) is 6.10. The van der Waals surface area contributed by atoms with Crippen LogP contribution in [0.15, 0.2) is 58.9 Å². The molecule has 2 N–H and O–H groups in total. The maximum absolute atomic E-state index is 5.36. The fourth-order valence-corrected chi connectivity index (χ4v) is 2.93. The maximum atomic E-state index is 5.36. The molecule has 3 heterocycles. The van der Waals surface area contributed by atoms with Gasteiger partial charge in [0.15, 0.2) is 5.96 Å². The van der Waals surface area contributed by atoms with Gasteiger partial charge < -0.3 is 20.0 Å². The quantitative estimate of drug-likeness (QED) is 0.450. The van der Waals surface area contributed by atoms with E-state index in [0.29, 0.717) is 19.1 Å². The molecule has 0 radical (unpaired) electrons. The smallest absolute Gasteiger partial charge is 0.225 e. The first kappa shape index (κ1) is 18.0. The van der Waals surface area contributed by atoms with Crippen LogP contribution in [0.4, 0.5) is 5.95 Å². The van der Waals surface area contributed by atoms with Gasteiger partial charge in [-0.2, -0.15) is 0 Å². The molecule has 1 fully saturated rings. The van der Waals surface area contributed by atoms with Crippen LogP contribution in [-0.4, -0.2) is 48.1 Å². The van der Waals surface area contributed by atoms with Gasteiger partial charge in [-0.3, -0.25) is 4.99 Å². The molecule has 0 saturated carbocycles. The third kappa shape index (κ3) is 5.34. The first-order valence-corrected chi connectivity index (χ1v) is 9.05. The molecule has 138 valence electrons. The Morgan fingerprint density at radius 3 is 2.81 bits per heavy atom. The van der Waals surface area contributed by atoms with Gasteiger partial charge in [-0.1, -0.05) is 6.08 Å². The van der Waals surface area contributed by atoms with Crippen LogP contribution in [0.25, 0.3) is 0 Å². The molecular weight excluding hydrogens is 328 g/mol. The summed E-state index contributed by atoms with van der Waals surface area (Å²) in [6.07, 6.45) is 9.93. The molecule has 0 aliphatic carbocycles. The lowest BCUT2D eigenvalue weighted by atomic mass is 10.1. The number of hydrogen-bond acceptors (Lipinski definition) is 5. The minimum absolute atomic E-state index is 0.384. The number of rotatable bonds is 7. The van der Waals surface area contributed by atoms with E-state index in [1.54, 1.807) is 18.7 Å². The number of piperidine rings is 1. The number of nitrogens with one attached hydrogen (secondary N) is 2. The van der Waals surface area contributed by atoms with Gasteiger partial charge in [0.1, 0.15) is 5.76 Å². The zero-order valence-corrected chi connectivity index (χ0v) is 15.0. The minimum Gasteiger partial charge on any atom is -0.469 e. The van der Waals surface area contributed by atoms with Crippen LogP contribution in [0.5, 0.6) is 0 Å². The average molecular weight is 354 g/mol. The van der Waals surface area contributed by atoms with Gasteiger partial charge in [-0.25, -0.2) is 9.97 Å². The molecule has 1 aliphatic heterocycles. The third-order valence-corrected chi connectivity index (χ3v) is 4.29. The van der Waals surface area contributed by atoms with Crippen molar-refractivity contribution in [1.29, 1.82) is 0 Å². The van der Waals surface area contributed by atoms with Crippen molar-refractivity contribution in [2.45, 2.75) is 25.3 Å². The van der Waals surface area contributed by atoms with Crippen molar-refractivity contribution < 1.29 is 4.42 Å². The Morgan fingerprint density at radius 2 is 2.12 bits per heavy atom. The van der Waals surface area contributed by atoms with Crippen LogP contribution in [0.1, 0.15) is 18.6 Å². The Balaban J connectivity index is 1.49. The van der Waals surface area contributed by atoms with E-state index in [4.69, 9.17) is 4.42 Å². The molecule has 0 bridgehead atoms. The van der Waals surface area contributed by atoms with Crippen LogP contribution in [0.3, 0.4) is 0 Å². The maximum Gasteiger partial charge on any atom is 0.225 e. The molecule has 0 aromatic carbocycles.